The van der Waals surface area contributed by atoms with E-state index < -0.39 is 0 Å². The molecule has 1 N–H and O–H groups in total. The first-order chi connectivity index (χ1) is 12.5. The highest BCUT2D eigenvalue weighted by molar-refractivity contribution is 7.09. The molecule has 140 valence electrons. The maximum atomic E-state index is 12.6. The average Bonchev–Trinajstić information content (AvgIpc) is 2.88. The summed E-state index contributed by atoms with van der Waals surface area (Å²) < 4.78 is 0. The van der Waals surface area contributed by atoms with Crippen LogP contribution in [-0.2, 0) is 11.2 Å². The Labute approximate surface area is 159 Å². The Balaban J connectivity index is 1.52. The fourth-order valence-corrected chi connectivity index (χ4v) is 3.83. The highest BCUT2D eigenvalue weighted by atomic mass is 32.1. The average molecular weight is 374 g/mol. The van der Waals surface area contributed by atoms with E-state index in [1.54, 1.807) is 11.3 Å². The third-order valence-corrected chi connectivity index (χ3v) is 5.48. The largest absolute Gasteiger partial charge is 0.381 e. The number of likely N-dealkylation sites (tertiary alicyclic amines) is 1. The van der Waals surface area contributed by atoms with Crippen LogP contribution in [0.3, 0.4) is 0 Å². The van der Waals surface area contributed by atoms with E-state index in [4.69, 9.17) is 0 Å². The predicted octanol–water partition coefficient (Wildman–Crippen LogP) is 2.95. The van der Waals surface area contributed by atoms with Crippen molar-refractivity contribution in [1.29, 1.82) is 0 Å². The number of aromatic nitrogens is 2. The van der Waals surface area contributed by atoms with Gasteiger partial charge in [-0.3, -0.25) is 4.79 Å². The third kappa shape index (κ3) is 4.94. The van der Waals surface area contributed by atoms with Gasteiger partial charge in [0, 0.05) is 38.6 Å². The Morgan fingerprint density at radius 2 is 2.19 bits per heavy atom. The van der Waals surface area contributed by atoms with Crippen LogP contribution in [0.25, 0.3) is 0 Å². The molecule has 0 radical (unpaired) electrons. The molecule has 26 heavy (non-hydrogen) atoms. The van der Waals surface area contributed by atoms with Gasteiger partial charge in [0.2, 0.25) is 5.91 Å². The molecule has 6 nitrogen and oxygen atoms in total. The summed E-state index contributed by atoms with van der Waals surface area (Å²) in [7, 11) is 3.97. The first-order valence-electron chi connectivity index (χ1n) is 9.10. The molecule has 1 saturated heterocycles. The van der Waals surface area contributed by atoms with E-state index in [0.717, 1.165) is 54.6 Å². The number of hydrogen-bond acceptors (Lipinski definition) is 6. The second-order valence-electron chi connectivity index (χ2n) is 6.99. The lowest BCUT2D eigenvalue weighted by Crippen LogP contribution is -2.33. The highest BCUT2D eigenvalue weighted by Gasteiger charge is 2.21. The zero-order valence-corrected chi connectivity index (χ0v) is 16.6. The van der Waals surface area contributed by atoms with Crippen LogP contribution in [0, 0.1) is 6.92 Å². The Morgan fingerprint density at radius 3 is 2.85 bits per heavy atom. The van der Waals surface area contributed by atoms with Gasteiger partial charge >= 0.3 is 0 Å². The summed E-state index contributed by atoms with van der Waals surface area (Å²) in [6.45, 7) is 3.60. The van der Waals surface area contributed by atoms with E-state index in [1.165, 1.54) is 0 Å². The van der Waals surface area contributed by atoms with E-state index in [-0.39, 0.29) is 5.91 Å². The number of aryl methyl sites for hydroxylation is 1. The molecule has 1 fully saturated rings. The van der Waals surface area contributed by atoms with Crippen LogP contribution in [0.5, 0.6) is 0 Å². The molecule has 2 aromatic rings. The van der Waals surface area contributed by atoms with E-state index in [1.807, 2.05) is 48.5 Å². The van der Waals surface area contributed by atoms with Gasteiger partial charge in [0.15, 0.2) is 0 Å². The summed E-state index contributed by atoms with van der Waals surface area (Å²) in [6, 6.07) is 4.46. The number of carbonyl (C=O) groups excluding carboxylic acids is 1. The molecule has 2 aromatic heterocycles. The highest BCUT2D eigenvalue weighted by Crippen LogP contribution is 2.19. The number of rotatable bonds is 5. The van der Waals surface area contributed by atoms with Crippen molar-refractivity contribution >= 4 is 28.7 Å². The van der Waals surface area contributed by atoms with Crippen molar-refractivity contribution in [1.82, 2.24) is 14.9 Å². The zero-order chi connectivity index (χ0) is 18.5. The number of anilines is 2. The molecule has 7 heteroatoms. The van der Waals surface area contributed by atoms with Crippen molar-refractivity contribution in [2.45, 2.75) is 38.6 Å². The van der Waals surface area contributed by atoms with Crippen LogP contribution in [0.4, 0.5) is 11.5 Å². The summed E-state index contributed by atoms with van der Waals surface area (Å²) in [4.78, 5) is 25.4. The normalized spacial score (nSPS) is 17.7. The molecular formula is C19H27N5OS. The predicted molar refractivity (Wildman–Crippen MR) is 107 cm³/mol. The Bertz CT molecular complexity index is 728. The minimum atomic E-state index is 0.188. The molecule has 1 unspecified atom stereocenters. The van der Waals surface area contributed by atoms with E-state index >= 15 is 0 Å². The van der Waals surface area contributed by atoms with Gasteiger partial charge in [0.1, 0.15) is 5.82 Å². The Morgan fingerprint density at radius 1 is 1.35 bits per heavy atom. The van der Waals surface area contributed by atoms with Crippen molar-refractivity contribution in [3.05, 3.63) is 34.4 Å². The molecule has 0 saturated carbocycles. The maximum Gasteiger partial charge on any atom is 0.228 e. The SMILES string of the molecule is Cc1nc(CC(=O)N2CCCC(Nc3ccc(N(C)C)nc3)CC2)cs1. The Hall–Kier alpha value is -2.15. The van der Waals surface area contributed by atoms with Crippen LogP contribution >= 0.6 is 11.3 Å². The van der Waals surface area contributed by atoms with E-state index in [2.05, 4.69) is 21.4 Å². The zero-order valence-electron chi connectivity index (χ0n) is 15.7. The standard InChI is InChI=1S/C19H27N5OS/c1-14-21-17(13-26-14)11-19(25)24-9-4-5-15(8-10-24)22-16-6-7-18(20-12-16)23(2)3/h6-7,12-13,15,22H,4-5,8-11H2,1-3H3. The lowest BCUT2D eigenvalue weighted by Gasteiger charge is -2.21. The van der Waals surface area contributed by atoms with Gasteiger partial charge in [-0.15, -0.1) is 11.3 Å². The minimum Gasteiger partial charge on any atom is -0.381 e. The van der Waals surface area contributed by atoms with Gasteiger partial charge in [-0.1, -0.05) is 0 Å². The molecule has 0 aliphatic carbocycles. The number of hydrogen-bond donors (Lipinski definition) is 1. The van der Waals surface area contributed by atoms with Gasteiger partial charge < -0.3 is 15.1 Å². The molecule has 0 spiro atoms. The van der Waals surface area contributed by atoms with Crippen LogP contribution in [0.2, 0.25) is 0 Å². The minimum absolute atomic E-state index is 0.188. The smallest absolute Gasteiger partial charge is 0.228 e. The van der Waals surface area contributed by atoms with Gasteiger partial charge in [0.05, 0.1) is 29.0 Å². The monoisotopic (exact) mass is 373 g/mol. The summed E-state index contributed by atoms with van der Waals surface area (Å²) in [5.41, 5.74) is 1.93. The molecule has 0 bridgehead atoms. The van der Waals surface area contributed by atoms with Crippen LogP contribution in [-0.4, -0.2) is 54.0 Å². The number of thiazole rings is 1. The van der Waals surface area contributed by atoms with Gasteiger partial charge in [-0.25, -0.2) is 9.97 Å². The van der Waals surface area contributed by atoms with Crippen LogP contribution < -0.4 is 10.2 Å². The summed E-state index contributed by atoms with van der Waals surface area (Å²) >= 11 is 1.60. The summed E-state index contributed by atoms with van der Waals surface area (Å²) in [5.74, 6) is 1.14. The first kappa shape index (κ1) is 18.6. The maximum absolute atomic E-state index is 12.6. The lowest BCUT2D eigenvalue weighted by molar-refractivity contribution is -0.130. The number of nitrogens with one attached hydrogen (secondary N) is 1. The van der Waals surface area contributed by atoms with Gasteiger partial charge in [0.25, 0.3) is 0 Å². The molecule has 1 aliphatic heterocycles. The van der Waals surface area contributed by atoms with Crippen molar-refractivity contribution in [3.8, 4) is 0 Å². The molecule has 3 heterocycles. The molecule has 1 amide bonds. The van der Waals surface area contributed by atoms with E-state index in [9.17, 15) is 4.79 Å². The van der Waals surface area contributed by atoms with Crippen LogP contribution in [0.15, 0.2) is 23.7 Å². The van der Waals surface area contributed by atoms with Crippen molar-refractivity contribution < 1.29 is 4.79 Å². The van der Waals surface area contributed by atoms with Crippen molar-refractivity contribution in [2.24, 2.45) is 0 Å². The summed E-state index contributed by atoms with van der Waals surface area (Å²) in [6.07, 6.45) is 5.33. The van der Waals surface area contributed by atoms with Crippen LogP contribution in [0.1, 0.15) is 30.0 Å². The second-order valence-corrected chi connectivity index (χ2v) is 8.05. The molecule has 0 aromatic carbocycles. The van der Waals surface area contributed by atoms with Gasteiger partial charge in [-0.2, -0.15) is 0 Å². The molecule has 1 aliphatic rings. The van der Waals surface area contributed by atoms with E-state index in [0.29, 0.717) is 12.5 Å². The quantitative estimate of drug-likeness (QED) is 0.873. The number of nitrogens with zero attached hydrogens (tertiary/aromatic N) is 4. The van der Waals surface area contributed by atoms with Gasteiger partial charge in [-0.05, 0) is 38.3 Å². The fraction of sp³-hybridized carbons (Fsp3) is 0.526. The summed E-state index contributed by atoms with van der Waals surface area (Å²) in [5, 5.41) is 6.57. The molecule has 1 atom stereocenters. The Kier molecular flexibility index (Phi) is 6.08. The van der Waals surface area contributed by atoms with Crippen molar-refractivity contribution in [3.63, 3.8) is 0 Å². The fourth-order valence-electron chi connectivity index (χ4n) is 3.22. The lowest BCUT2D eigenvalue weighted by atomic mass is 10.1. The number of carbonyl (C=O) groups is 1. The third-order valence-electron chi connectivity index (χ3n) is 4.66. The molecular weight excluding hydrogens is 346 g/mol. The number of amides is 1. The van der Waals surface area contributed by atoms with Crippen molar-refractivity contribution in [2.75, 3.05) is 37.4 Å². The first-order valence-corrected chi connectivity index (χ1v) is 9.98. The second kappa shape index (κ2) is 8.49. The topological polar surface area (TPSA) is 61.4 Å². The number of pyridine rings is 1. The molecule has 3 rings (SSSR count).